The van der Waals surface area contributed by atoms with E-state index in [-0.39, 0.29) is 18.1 Å². The third-order valence-corrected chi connectivity index (χ3v) is 5.48. The average molecular weight is 304 g/mol. The highest BCUT2D eigenvalue weighted by atomic mass is 35.5. The summed E-state index contributed by atoms with van der Waals surface area (Å²) in [6.07, 6.45) is 0.307. The van der Waals surface area contributed by atoms with Crippen molar-refractivity contribution in [3.63, 3.8) is 0 Å². The van der Waals surface area contributed by atoms with Crippen LogP contribution in [0.15, 0.2) is 18.2 Å². The number of benzene rings is 1. The molecule has 4 nitrogen and oxygen atoms in total. The minimum atomic E-state index is -3.07. The minimum Gasteiger partial charge on any atom is -0.387 e. The number of nitrogens with one attached hydrogen (secondary N) is 1. The summed E-state index contributed by atoms with van der Waals surface area (Å²) in [4.78, 5) is 0. The predicted octanol–water partition coefficient (Wildman–Crippen LogP) is 1.29. The first-order valence-corrected chi connectivity index (χ1v) is 8.38. The summed E-state index contributed by atoms with van der Waals surface area (Å²) in [5, 5.41) is 14.0. The molecule has 1 fully saturated rings. The molecule has 1 heterocycles. The van der Waals surface area contributed by atoms with Crippen molar-refractivity contribution in [2.45, 2.75) is 25.5 Å². The van der Waals surface area contributed by atoms with Gasteiger partial charge in [0.15, 0.2) is 9.84 Å². The van der Waals surface area contributed by atoms with Gasteiger partial charge in [0.2, 0.25) is 0 Å². The lowest BCUT2D eigenvalue weighted by atomic mass is 10.0. The number of halogens is 1. The van der Waals surface area contributed by atoms with E-state index in [9.17, 15) is 13.5 Å². The molecule has 0 aromatic heterocycles. The van der Waals surface area contributed by atoms with Crippen molar-refractivity contribution < 1.29 is 13.5 Å². The number of hydrogen-bond donors (Lipinski definition) is 2. The molecular formula is C13H18ClNO3S. The van der Waals surface area contributed by atoms with Crippen molar-refractivity contribution in [3.8, 4) is 0 Å². The molecule has 0 aliphatic carbocycles. The number of sulfone groups is 1. The van der Waals surface area contributed by atoms with Gasteiger partial charge >= 0.3 is 0 Å². The first-order chi connectivity index (χ1) is 8.80. The predicted molar refractivity (Wildman–Crippen MR) is 76.1 cm³/mol. The summed E-state index contributed by atoms with van der Waals surface area (Å²) in [6, 6.07) is 5.63. The smallest absolute Gasteiger partial charge is 0.153 e. The van der Waals surface area contributed by atoms with E-state index in [4.69, 9.17) is 11.6 Å². The second-order valence-corrected chi connectivity index (χ2v) is 7.86. The molecule has 1 aliphatic heterocycles. The number of hydrogen-bond acceptors (Lipinski definition) is 4. The van der Waals surface area contributed by atoms with Crippen LogP contribution in [0.4, 0.5) is 0 Å². The monoisotopic (exact) mass is 303 g/mol. The summed E-state index contributed by atoms with van der Waals surface area (Å²) < 4.78 is 22.7. The lowest BCUT2D eigenvalue weighted by Gasteiger charge is -2.21. The van der Waals surface area contributed by atoms with Crippen LogP contribution in [0, 0.1) is 6.92 Å². The van der Waals surface area contributed by atoms with Gasteiger partial charge in [-0.3, -0.25) is 0 Å². The lowest BCUT2D eigenvalue weighted by Crippen LogP contribution is -2.41. The van der Waals surface area contributed by atoms with Crippen molar-refractivity contribution in [1.29, 1.82) is 0 Å². The van der Waals surface area contributed by atoms with Crippen LogP contribution in [-0.4, -0.2) is 37.2 Å². The van der Waals surface area contributed by atoms with Gasteiger partial charge in [-0.25, -0.2) is 8.42 Å². The molecular weight excluding hydrogens is 286 g/mol. The average Bonchev–Trinajstić information content (AvgIpc) is 2.57. The normalized spacial score (nSPS) is 25.6. The van der Waals surface area contributed by atoms with Crippen molar-refractivity contribution in [2.24, 2.45) is 0 Å². The Bertz CT molecular complexity index is 573. The van der Waals surface area contributed by atoms with Gasteiger partial charge in [-0.05, 0) is 36.6 Å². The van der Waals surface area contributed by atoms with Crippen LogP contribution < -0.4 is 5.32 Å². The highest BCUT2D eigenvalue weighted by Crippen LogP contribution is 2.22. The van der Waals surface area contributed by atoms with E-state index in [2.05, 4.69) is 5.32 Å². The van der Waals surface area contributed by atoms with Crippen LogP contribution in [0.3, 0.4) is 0 Å². The fraction of sp³-hybridized carbons (Fsp3) is 0.538. The van der Waals surface area contributed by atoms with E-state index < -0.39 is 15.4 Å². The Morgan fingerprint density at radius 2 is 2.21 bits per heavy atom. The van der Waals surface area contributed by atoms with Crippen molar-refractivity contribution in [2.75, 3.05) is 18.1 Å². The van der Waals surface area contributed by atoms with E-state index in [1.54, 1.807) is 0 Å². The van der Waals surface area contributed by atoms with Crippen LogP contribution in [0.2, 0.25) is 5.02 Å². The molecule has 1 atom stereocenters. The highest BCUT2D eigenvalue weighted by Gasteiger charge is 2.40. The van der Waals surface area contributed by atoms with E-state index in [1.165, 1.54) is 0 Å². The first-order valence-electron chi connectivity index (χ1n) is 6.18. The molecule has 2 N–H and O–H groups in total. The summed E-state index contributed by atoms with van der Waals surface area (Å²) in [5.74, 6) is -0.0717. The van der Waals surface area contributed by atoms with Crippen LogP contribution in [0.5, 0.6) is 0 Å². The summed E-state index contributed by atoms with van der Waals surface area (Å²) in [7, 11) is -3.07. The maximum absolute atomic E-state index is 11.4. The second kappa shape index (κ2) is 5.40. The zero-order valence-corrected chi connectivity index (χ0v) is 12.4. The molecule has 0 radical (unpaired) electrons. The lowest BCUT2D eigenvalue weighted by molar-refractivity contribution is 0.0670. The molecule has 0 amide bonds. The molecule has 1 aliphatic rings. The topological polar surface area (TPSA) is 66.4 Å². The molecule has 6 heteroatoms. The SMILES string of the molecule is Cc1cc(Cl)ccc1CNCC1(O)CCS(=O)(=O)C1. The van der Waals surface area contributed by atoms with Crippen molar-refractivity contribution in [3.05, 3.63) is 34.3 Å². The molecule has 1 saturated heterocycles. The van der Waals surface area contributed by atoms with Gasteiger partial charge in [-0.2, -0.15) is 0 Å². The van der Waals surface area contributed by atoms with E-state index in [0.29, 0.717) is 18.0 Å². The van der Waals surface area contributed by atoms with Gasteiger partial charge in [0.25, 0.3) is 0 Å². The Hall–Kier alpha value is -0.620. The summed E-state index contributed by atoms with van der Waals surface area (Å²) in [5.41, 5.74) is 1.04. The van der Waals surface area contributed by atoms with E-state index >= 15 is 0 Å². The first kappa shape index (κ1) is 14.8. The number of aryl methyl sites for hydroxylation is 1. The largest absolute Gasteiger partial charge is 0.387 e. The van der Waals surface area contributed by atoms with E-state index in [1.807, 2.05) is 25.1 Å². The van der Waals surface area contributed by atoms with Crippen LogP contribution in [0.1, 0.15) is 17.5 Å². The van der Waals surface area contributed by atoms with E-state index in [0.717, 1.165) is 11.1 Å². The van der Waals surface area contributed by atoms with Gasteiger partial charge in [0.1, 0.15) is 0 Å². The van der Waals surface area contributed by atoms with Gasteiger partial charge in [0.05, 0.1) is 17.1 Å². The molecule has 1 unspecified atom stereocenters. The standard InChI is InChI=1S/C13H18ClNO3S/c1-10-6-12(14)3-2-11(10)7-15-8-13(16)4-5-19(17,18)9-13/h2-3,6,15-16H,4-5,7-9H2,1H3. The molecule has 0 spiro atoms. The van der Waals surface area contributed by atoms with Gasteiger partial charge < -0.3 is 10.4 Å². The van der Waals surface area contributed by atoms with Gasteiger partial charge in [-0.1, -0.05) is 17.7 Å². The van der Waals surface area contributed by atoms with Crippen molar-refractivity contribution >= 4 is 21.4 Å². The summed E-state index contributed by atoms with van der Waals surface area (Å²) >= 11 is 5.88. The maximum Gasteiger partial charge on any atom is 0.153 e. The van der Waals surface area contributed by atoms with Crippen LogP contribution in [-0.2, 0) is 16.4 Å². The van der Waals surface area contributed by atoms with Gasteiger partial charge in [-0.15, -0.1) is 0 Å². The summed E-state index contributed by atoms with van der Waals surface area (Å²) in [6.45, 7) is 2.84. The Kier molecular flexibility index (Phi) is 4.20. The fourth-order valence-corrected chi connectivity index (χ4v) is 4.45. The van der Waals surface area contributed by atoms with Gasteiger partial charge in [0, 0.05) is 18.1 Å². The minimum absolute atomic E-state index is 0.0746. The second-order valence-electron chi connectivity index (χ2n) is 5.24. The fourth-order valence-electron chi connectivity index (χ4n) is 2.33. The third kappa shape index (κ3) is 3.92. The van der Waals surface area contributed by atoms with Crippen LogP contribution >= 0.6 is 11.6 Å². The third-order valence-electron chi connectivity index (χ3n) is 3.44. The zero-order chi connectivity index (χ0) is 14.1. The quantitative estimate of drug-likeness (QED) is 0.879. The number of aliphatic hydroxyl groups is 1. The Morgan fingerprint density at radius 3 is 2.79 bits per heavy atom. The Labute approximate surface area is 118 Å². The van der Waals surface area contributed by atoms with Crippen LogP contribution in [0.25, 0.3) is 0 Å². The number of rotatable bonds is 4. The Balaban J connectivity index is 1.90. The molecule has 1 aromatic rings. The molecule has 0 bridgehead atoms. The molecule has 0 saturated carbocycles. The van der Waals surface area contributed by atoms with Crippen molar-refractivity contribution in [1.82, 2.24) is 5.32 Å². The molecule has 2 rings (SSSR count). The molecule has 1 aromatic carbocycles. The maximum atomic E-state index is 11.4. The Morgan fingerprint density at radius 1 is 1.47 bits per heavy atom. The molecule has 106 valence electrons. The zero-order valence-electron chi connectivity index (χ0n) is 10.8. The molecule has 19 heavy (non-hydrogen) atoms. The highest BCUT2D eigenvalue weighted by molar-refractivity contribution is 7.91.